The number of hydrogen-bond acceptors (Lipinski definition) is 4. The monoisotopic (exact) mass is 610 g/mol. The molecule has 6 atom stereocenters. The first kappa shape index (κ1) is 31.2. The Morgan fingerprint density at radius 2 is 1.57 bits per heavy atom. The second-order valence-corrected chi connectivity index (χ2v) is 19.8. The van der Waals surface area contributed by atoms with Gasteiger partial charge in [0, 0.05) is 30.8 Å². The normalized spacial score (nSPS) is 31.2. The number of rotatable bonds is 8. The molecule has 3 aliphatic rings. The maximum atomic E-state index is 13.3. The molecule has 2 aromatic carbocycles. The molecule has 6 rings (SSSR count). The summed E-state index contributed by atoms with van der Waals surface area (Å²) >= 11 is 0. The SMILES string of the molecule is CC(C)(C)[Si](OC1CC[C@@]2(C)[C@H](CC(=O)C[C@@H]2CC[C@@]2(C)C(=O)CC[C@@H]2c2ccoc2)C1)(c1ccccc1)c1ccccc1. The summed E-state index contributed by atoms with van der Waals surface area (Å²) in [5.74, 6) is 1.57. The van der Waals surface area contributed by atoms with Crippen LogP contribution in [0.4, 0.5) is 0 Å². The summed E-state index contributed by atoms with van der Waals surface area (Å²) < 4.78 is 13.0. The number of ketones is 2. The fourth-order valence-electron chi connectivity index (χ4n) is 9.45. The van der Waals surface area contributed by atoms with Gasteiger partial charge in [0.15, 0.2) is 0 Å². The molecule has 1 aromatic heterocycles. The first-order chi connectivity index (χ1) is 21.0. The highest BCUT2D eigenvalue weighted by Crippen LogP contribution is 2.57. The van der Waals surface area contributed by atoms with E-state index in [0.717, 1.165) is 44.1 Å². The average Bonchev–Trinajstić information content (AvgIpc) is 3.63. The van der Waals surface area contributed by atoms with E-state index in [4.69, 9.17) is 8.84 Å². The van der Waals surface area contributed by atoms with Crippen molar-refractivity contribution >= 4 is 30.3 Å². The zero-order chi connectivity index (χ0) is 31.2. The Morgan fingerprint density at radius 3 is 2.16 bits per heavy atom. The second kappa shape index (κ2) is 11.9. The van der Waals surface area contributed by atoms with Gasteiger partial charge in [-0.1, -0.05) is 95.3 Å². The van der Waals surface area contributed by atoms with Crippen molar-refractivity contribution in [2.24, 2.45) is 22.7 Å². The van der Waals surface area contributed by atoms with Crippen LogP contribution in [0.2, 0.25) is 5.04 Å². The van der Waals surface area contributed by atoms with Crippen molar-refractivity contribution < 1.29 is 18.4 Å². The highest BCUT2D eigenvalue weighted by Gasteiger charge is 2.55. The topological polar surface area (TPSA) is 56.5 Å². The number of carbonyl (C=O) groups excluding carboxylic acids is 2. The van der Waals surface area contributed by atoms with E-state index in [1.54, 1.807) is 6.26 Å². The highest BCUT2D eigenvalue weighted by atomic mass is 28.4. The second-order valence-electron chi connectivity index (χ2n) is 15.6. The van der Waals surface area contributed by atoms with Crippen molar-refractivity contribution in [1.29, 1.82) is 0 Å². The lowest BCUT2D eigenvalue weighted by atomic mass is 9.53. The lowest BCUT2D eigenvalue weighted by molar-refractivity contribution is -0.133. The Kier molecular flexibility index (Phi) is 8.43. The van der Waals surface area contributed by atoms with Crippen LogP contribution in [0, 0.1) is 22.7 Å². The van der Waals surface area contributed by atoms with Gasteiger partial charge < -0.3 is 8.84 Å². The third kappa shape index (κ3) is 5.38. The molecule has 3 saturated carbocycles. The van der Waals surface area contributed by atoms with Crippen molar-refractivity contribution in [2.45, 2.75) is 109 Å². The van der Waals surface area contributed by atoms with Crippen LogP contribution >= 0.6 is 0 Å². The summed E-state index contributed by atoms with van der Waals surface area (Å²) in [6, 6.07) is 23.8. The van der Waals surface area contributed by atoms with E-state index >= 15 is 0 Å². The Bertz CT molecular complexity index is 1400. The summed E-state index contributed by atoms with van der Waals surface area (Å²) in [7, 11) is -2.67. The van der Waals surface area contributed by atoms with E-state index in [-0.39, 0.29) is 27.9 Å². The van der Waals surface area contributed by atoms with Gasteiger partial charge in [0.1, 0.15) is 11.6 Å². The van der Waals surface area contributed by atoms with Gasteiger partial charge in [-0.15, -0.1) is 0 Å². The Morgan fingerprint density at radius 1 is 0.909 bits per heavy atom. The van der Waals surface area contributed by atoms with Crippen molar-refractivity contribution in [2.75, 3.05) is 0 Å². The van der Waals surface area contributed by atoms with Crippen LogP contribution in [-0.4, -0.2) is 26.0 Å². The molecule has 3 aliphatic carbocycles. The number of hydrogen-bond donors (Lipinski definition) is 0. The van der Waals surface area contributed by atoms with Gasteiger partial charge >= 0.3 is 0 Å². The average molecular weight is 611 g/mol. The van der Waals surface area contributed by atoms with Crippen molar-refractivity contribution in [3.63, 3.8) is 0 Å². The first-order valence-corrected chi connectivity index (χ1v) is 18.7. The summed E-state index contributed by atoms with van der Waals surface area (Å²) in [5, 5.41) is 2.55. The van der Waals surface area contributed by atoms with Crippen LogP contribution in [0.3, 0.4) is 0 Å². The molecule has 3 aromatic rings. The molecule has 1 heterocycles. The lowest BCUT2D eigenvalue weighted by Crippen LogP contribution is -2.68. The van der Waals surface area contributed by atoms with Crippen LogP contribution in [-0.2, 0) is 14.0 Å². The van der Waals surface area contributed by atoms with E-state index in [1.807, 2.05) is 12.3 Å². The van der Waals surface area contributed by atoms with Crippen molar-refractivity contribution in [3.05, 3.63) is 84.8 Å². The smallest absolute Gasteiger partial charge is 0.261 e. The molecule has 1 unspecified atom stereocenters. The minimum absolute atomic E-state index is 0.0732. The third-order valence-electron chi connectivity index (χ3n) is 12.1. The molecule has 4 nitrogen and oxygen atoms in total. The summed E-state index contributed by atoms with van der Waals surface area (Å²) in [6.45, 7) is 11.6. The van der Waals surface area contributed by atoms with E-state index in [9.17, 15) is 9.59 Å². The molecule has 0 amide bonds. The minimum atomic E-state index is -2.67. The van der Waals surface area contributed by atoms with Crippen LogP contribution < -0.4 is 10.4 Å². The zero-order valence-electron chi connectivity index (χ0n) is 27.3. The van der Waals surface area contributed by atoms with E-state index in [1.165, 1.54) is 10.4 Å². The number of furan rings is 1. The van der Waals surface area contributed by atoms with Crippen LogP contribution in [0.1, 0.15) is 104 Å². The Hall–Kier alpha value is -2.76. The van der Waals surface area contributed by atoms with Gasteiger partial charge in [-0.3, -0.25) is 9.59 Å². The van der Waals surface area contributed by atoms with Crippen LogP contribution in [0.5, 0.6) is 0 Å². The molecule has 0 N–H and O–H groups in total. The summed E-state index contributed by atoms with van der Waals surface area (Å²) in [4.78, 5) is 26.6. The molecule has 0 spiro atoms. The zero-order valence-corrected chi connectivity index (χ0v) is 28.3. The first-order valence-electron chi connectivity index (χ1n) is 16.8. The Labute approximate surface area is 265 Å². The molecular formula is C39H50O4Si. The fourth-order valence-corrected chi connectivity index (χ4v) is 14.2. The minimum Gasteiger partial charge on any atom is -0.472 e. The molecule has 234 valence electrons. The van der Waals surface area contributed by atoms with E-state index in [0.29, 0.717) is 42.7 Å². The molecular weight excluding hydrogens is 561 g/mol. The van der Waals surface area contributed by atoms with Gasteiger partial charge in [0.2, 0.25) is 0 Å². The fraction of sp³-hybridized carbons (Fsp3) is 0.538. The standard InChI is InChI=1S/C39H50O4Si/c1-37(2,3)44(33-12-8-6-9-13-33,34-14-10-7-11-15-34)43-32-19-22-38(4)29(24-31(40)25-30(38)26-32)18-21-39(5)35(16-17-36(39)41)28-20-23-42-27-28/h6-15,20,23,27,29-30,32,35H,16-19,21-22,24-26H2,1-5H3/t29-,30+,32?,35+,38+,39+/m0/s1. The van der Waals surface area contributed by atoms with Gasteiger partial charge in [-0.2, -0.15) is 0 Å². The maximum Gasteiger partial charge on any atom is 0.261 e. The highest BCUT2D eigenvalue weighted by molar-refractivity contribution is 6.99. The number of carbonyl (C=O) groups is 2. The lowest BCUT2D eigenvalue weighted by Gasteiger charge is -2.54. The molecule has 0 bridgehead atoms. The largest absolute Gasteiger partial charge is 0.472 e. The van der Waals surface area contributed by atoms with Crippen molar-refractivity contribution in [1.82, 2.24) is 0 Å². The van der Waals surface area contributed by atoms with E-state index in [2.05, 4.69) is 95.3 Å². The molecule has 0 radical (unpaired) electrons. The summed E-state index contributed by atoms with van der Waals surface area (Å²) in [5.41, 5.74) is 0.838. The molecule has 0 saturated heterocycles. The van der Waals surface area contributed by atoms with Crippen LogP contribution in [0.15, 0.2) is 83.7 Å². The maximum absolute atomic E-state index is 13.3. The molecule has 0 aliphatic heterocycles. The van der Waals surface area contributed by atoms with Crippen molar-refractivity contribution in [3.8, 4) is 0 Å². The predicted molar refractivity (Wildman–Crippen MR) is 179 cm³/mol. The number of benzene rings is 2. The van der Waals surface area contributed by atoms with E-state index < -0.39 is 8.32 Å². The van der Waals surface area contributed by atoms with Gasteiger partial charge in [-0.05, 0) is 88.7 Å². The number of fused-ring (bicyclic) bond motifs is 1. The quantitative estimate of drug-likeness (QED) is 0.241. The predicted octanol–water partition coefficient (Wildman–Crippen LogP) is 8.24. The Balaban J connectivity index is 1.24. The van der Waals surface area contributed by atoms with Gasteiger partial charge in [-0.25, -0.2) is 0 Å². The molecule has 3 fully saturated rings. The van der Waals surface area contributed by atoms with Gasteiger partial charge in [0.25, 0.3) is 8.32 Å². The molecule has 44 heavy (non-hydrogen) atoms. The summed E-state index contributed by atoms with van der Waals surface area (Å²) in [6.07, 6.45) is 11.2. The van der Waals surface area contributed by atoms with Crippen LogP contribution in [0.25, 0.3) is 0 Å². The van der Waals surface area contributed by atoms with Gasteiger partial charge in [0.05, 0.1) is 12.5 Å². The molecule has 5 heteroatoms. The number of Topliss-reactive ketones (excluding diaryl/α,β-unsaturated/α-hetero) is 2. The third-order valence-corrected chi connectivity index (χ3v) is 17.2.